The van der Waals surface area contributed by atoms with Crippen LogP contribution in [0.4, 0.5) is 26.7 Å². The number of nitrogens with zero attached hydrogens (tertiary/aromatic N) is 2. The van der Waals surface area contributed by atoms with E-state index in [1.54, 1.807) is 35.2 Å². The van der Waals surface area contributed by atoms with E-state index in [1.165, 1.54) is 12.0 Å². The molecule has 4 rings (SSSR count). The Bertz CT molecular complexity index is 1190. The maximum Gasteiger partial charge on any atom is 0.416 e. The molecule has 1 saturated heterocycles. The fourth-order valence-electron chi connectivity index (χ4n) is 4.40. The van der Waals surface area contributed by atoms with Crippen molar-refractivity contribution in [1.82, 2.24) is 5.32 Å². The summed E-state index contributed by atoms with van der Waals surface area (Å²) in [6.07, 6.45) is 2.55. The number of methoxy groups -OCH3 is 1. The Morgan fingerprint density at radius 2 is 1.74 bits per heavy atom. The van der Waals surface area contributed by atoms with E-state index in [0.29, 0.717) is 17.1 Å². The molecule has 2 aliphatic heterocycles. The monoisotopic (exact) mass is 502 g/mol. The minimum atomic E-state index is -3.38. The number of nitrogens with one attached hydrogen (secondary N) is 2. The number of hydrogen-bond acceptors (Lipinski definition) is 7. The minimum Gasteiger partial charge on any atom is -0.452 e. The maximum absolute atomic E-state index is 13.2. The molecule has 10 nitrogen and oxygen atoms in total. The summed E-state index contributed by atoms with van der Waals surface area (Å²) in [6, 6.07) is 12.0. The highest BCUT2D eigenvalue weighted by Gasteiger charge is 2.37. The molecular weight excluding hydrogens is 472 g/mol. The summed E-state index contributed by atoms with van der Waals surface area (Å²) in [6.45, 7) is 2.89. The van der Waals surface area contributed by atoms with Crippen LogP contribution in [0.2, 0.25) is 0 Å². The number of anilines is 3. The van der Waals surface area contributed by atoms with Gasteiger partial charge in [0.1, 0.15) is 0 Å². The van der Waals surface area contributed by atoms with Crippen LogP contribution in [0.15, 0.2) is 42.5 Å². The van der Waals surface area contributed by atoms with Gasteiger partial charge in [-0.25, -0.2) is 18.0 Å². The quantitative estimate of drug-likeness (QED) is 0.654. The maximum atomic E-state index is 13.2. The number of piperidine rings is 1. The van der Waals surface area contributed by atoms with E-state index in [4.69, 9.17) is 9.47 Å². The lowest BCUT2D eigenvalue weighted by Crippen LogP contribution is -2.53. The lowest BCUT2D eigenvalue weighted by molar-refractivity contribution is 0.0659. The van der Waals surface area contributed by atoms with Crippen LogP contribution in [-0.2, 0) is 19.5 Å². The van der Waals surface area contributed by atoms with Crippen molar-refractivity contribution in [3.8, 4) is 11.1 Å². The summed E-state index contributed by atoms with van der Waals surface area (Å²) >= 11 is 0. The van der Waals surface area contributed by atoms with Crippen molar-refractivity contribution >= 4 is 39.3 Å². The molecule has 188 valence electrons. The lowest BCUT2D eigenvalue weighted by Gasteiger charge is -2.40. The van der Waals surface area contributed by atoms with Crippen LogP contribution >= 0.6 is 0 Å². The molecular formula is C24H30N4O6S. The topological polar surface area (TPSA) is 117 Å². The molecule has 0 saturated carbocycles. The number of carbonyl (C=O) groups is 2. The molecule has 0 spiro atoms. The van der Waals surface area contributed by atoms with Gasteiger partial charge in [-0.2, -0.15) is 0 Å². The molecule has 2 aliphatic rings. The molecule has 2 N–H and O–H groups in total. The zero-order valence-electron chi connectivity index (χ0n) is 20.0. The van der Waals surface area contributed by atoms with E-state index in [0.717, 1.165) is 43.2 Å². The fraction of sp³-hybridized carbons (Fsp3) is 0.417. The molecule has 2 aromatic carbocycles. The van der Waals surface area contributed by atoms with Gasteiger partial charge < -0.3 is 9.47 Å². The molecule has 0 radical (unpaired) electrons. The SMILES string of the molecule is COC(=O)N1c2ccc(-c3ccc(NS(C)(=O)=O)cc3)cc2N(C(=O)OC2CCCCN2)C[C@@H]1C. The van der Waals surface area contributed by atoms with E-state index < -0.39 is 22.2 Å². The van der Waals surface area contributed by atoms with E-state index in [-0.39, 0.29) is 18.8 Å². The first-order chi connectivity index (χ1) is 16.7. The van der Waals surface area contributed by atoms with Crippen LogP contribution in [0.5, 0.6) is 0 Å². The van der Waals surface area contributed by atoms with Gasteiger partial charge >= 0.3 is 12.2 Å². The minimum absolute atomic E-state index is 0.244. The van der Waals surface area contributed by atoms with Crippen LogP contribution in [0, 0.1) is 0 Å². The Balaban J connectivity index is 1.68. The van der Waals surface area contributed by atoms with Crippen LogP contribution in [-0.4, -0.2) is 59.3 Å². The molecule has 2 heterocycles. The number of amides is 2. The first-order valence-electron chi connectivity index (χ1n) is 11.5. The van der Waals surface area contributed by atoms with Crippen LogP contribution in [0.25, 0.3) is 11.1 Å². The van der Waals surface area contributed by atoms with E-state index >= 15 is 0 Å². The Kier molecular flexibility index (Phi) is 7.18. The van der Waals surface area contributed by atoms with Crippen molar-refractivity contribution in [2.45, 2.75) is 38.5 Å². The summed E-state index contributed by atoms with van der Waals surface area (Å²) in [7, 11) is -2.06. The Labute approximate surface area is 205 Å². The number of ether oxygens (including phenoxy) is 2. The second kappa shape index (κ2) is 10.1. The van der Waals surface area contributed by atoms with Gasteiger partial charge in [0.25, 0.3) is 0 Å². The predicted molar refractivity (Wildman–Crippen MR) is 134 cm³/mol. The normalized spacial score (nSPS) is 20.1. The molecule has 2 amide bonds. The molecule has 11 heteroatoms. The summed E-state index contributed by atoms with van der Waals surface area (Å²) in [4.78, 5) is 28.8. The largest absolute Gasteiger partial charge is 0.452 e. The van der Waals surface area contributed by atoms with Gasteiger partial charge in [-0.3, -0.25) is 19.8 Å². The van der Waals surface area contributed by atoms with Crippen molar-refractivity contribution in [2.24, 2.45) is 0 Å². The average Bonchev–Trinajstić information content (AvgIpc) is 2.83. The molecule has 2 aromatic rings. The second-order valence-corrected chi connectivity index (χ2v) is 10.5. The molecule has 2 atom stereocenters. The second-order valence-electron chi connectivity index (χ2n) is 8.78. The van der Waals surface area contributed by atoms with Gasteiger partial charge in [-0.15, -0.1) is 0 Å². The molecule has 0 bridgehead atoms. The molecule has 1 unspecified atom stereocenters. The average molecular weight is 503 g/mol. The Morgan fingerprint density at radius 3 is 2.37 bits per heavy atom. The fourth-order valence-corrected chi connectivity index (χ4v) is 4.97. The smallest absolute Gasteiger partial charge is 0.416 e. The highest BCUT2D eigenvalue weighted by atomic mass is 32.2. The van der Waals surface area contributed by atoms with Crippen LogP contribution < -0.4 is 19.8 Å². The van der Waals surface area contributed by atoms with E-state index in [9.17, 15) is 18.0 Å². The third kappa shape index (κ3) is 5.68. The summed E-state index contributed by atoms with van der Waals surface area (Å²) < 4.78 is 36.1. The van der Waals surface area contributed by atoms with Crippen molar-refractivity contribution in [2.75, 3.05) is 41.0 Å². The van der Waals surface area contributed by atoms with Gasteiger partial charge in [-0.05, 0) is 68.1 Å². The van der Waals surface area contributed by atoms with Crippen LogP contribution in [0.1, 0.15) is 26.2 Å². The predicted octanol–water partition coefficient (Wildman–Crippen LogP) is 3.74. The summed E-state index contributed by atoms with van der Waals surface area (Å²) in [5.41, 5.74) is 3.14. The van der Waals surface area contributed by atoms with E-state index in [2.05, 4.69) is 10.0 Å². The van der Waals surface area contributed by atoms with Crippen molar-refractivity contribution in [1.29, 1.82) is 0 Å². The highest BCUT2D eigenvalue weighted by molar-refractivity contribution is 7.92. The number of benzene rings is 2. The standard InChI is InChI=1S/C24H30N4O6S/c1-16-15-27(23(29)34-22-6-4-5-13-25-22)21-14-18(9-12-20(21)28(16)24(30)33-2)17-7-10-19(11-8-17)26-35(3,31)32/h7-12,14,16,22,25-26H,4-6,13,15H2,1-3H3/t16-,22?/m0/s1. The summed E-state index contributed by atoms with van der Waals surface area (Å²) in [5.74, 6) is 0. The third-order valence-electron chi connectivity index (χ3n) is 6.03. The van der Waals surface area contributed by atoms with Crippen LogP contribution in [0.3, 0.4) is 0 Å². The first-order valence-corrected chi connectivity index (χ1v) is 13.4. The van der Waals surface area contributed by atoms with E-state index in [1.807, 2.05) is 19.1 Å². The molecule has 1 fully saturated rings. The third-order valence-corrected chi connectivity index (χ3v) is 6.64. The summed E-state index contributed by atoms with van der Waals surface area (Å²) in [5, 5.41) is 3.22. The molecule has 0 aliphatic carbocycles. The first kappa shape index (κ1) is 24.8. The molecule has 0 aromatic heterocycles. The van der Waals surface area contributed by atoms with Gasteiger partial charge in [0.2, 0.25) is 10.0 Å². The van der Waals surface area contributed by atoms with Gasteiger partial charge in [0.05, 0.1) is 37.3 Å². The zero-order chi connectivity index (χ0) is 25.2. The Morgan fingerprint density at radius 1 is 1.03 bits per heavy atom. The lowest BCUT2D eigenvalue weighted by atomic mass is 10.0. The van der Waals surface area contributed by atoms with Crippen molar-refractivity contribution in [3.05, 3.63) is 42.5 Å². The van der Waals surface area contributed by atoms with Crippen molar-refractivity contribution in [3.63, 3.8) is 0 Å². The van der Waals surface area contributed by atoms with Crippen molar-refractivity contribution < 1.29 is 27.5 Å². The number of rotatable bonds is 4. The highest BCUT2D eigenvalue weighted by Crippen LogP contribution is 2.39. The zero-order valence-corrected chi connectivity index (χ0v) is 20.8. The number of fused-ring (bicyclic) bond motifs is 1. The van der Waals surface area contributed by atoms with Gasteiger partial charge in [-0.1, -0.05) is 18.2 Å². The number of sulfonamides is 1. The number of carbonyl (C=O) groups excluding carboxylic acids is 2. The van der Waals surface area contributed by atoms with Gasteiger partial charge in [0, 0.05) is 5.69 Å². The van der Waals surface area contributed by atoms with Gasteiger partial charge in [0.15, 0.2) is 6.23 Å². The Hall–Kier alpha value is -3.31. The molecule has 35 heavy (non-hydrogen) atoms. The number of hydrogen-bond donors (Lipinski definition) is 2.